The van der Waals surface area contributed by atoms with Gasteiger partial charge in [-0.3, -0.25) is 4.79 Å². The van der Waals surface area contributed by atoms with E-state index in [9.17, 15) is 4.79 Å². The molecule has 3 nitrogen and oxygen atoms in total. The van der Waals surface area contributed by atoms with Gasteiger partial charge in [0.05, 0.1) is 0 Å². The molecule has 0 rings (SSSR count). The molecule has 0 aliphatic rings. The zero-order valence-electron chi connectivity index (χ0n) is 7.47. The summed E-state index contributed by atoms with van der Waals surface area (Å²) in [6.45, 7) is 4.67. The van der Waals surface area contributed by atoms with E-state index in [1.54, 1.807) is 0 Å². The summed E-state index contributed by atoms with van der Waals surface area (Å²) in [6, 6.07) is 0. The largest absolute Gasteiger partial charge is 0.481 e. The monoisotopic (exact) mass is 163 g/mol. The number of carboxylic acid groups (broad SMARTS) is 1. The van der Waals surface area contributed by atoms with E-state index < -0.39 is 5.97 Å². The number of rotatable bonds is 5. The number of carbonyl (C=O) groups is 1. The molecule has 0 radical (unpaired) electrons. The molecule has 70 valence electrons. The average Bonchev–Trinajstić information content (AvgIpc) is 2.02. The molecule has 11 heavy (non-hydrogen) atoms. The highest BCUT2D eigenvalue weighted by atomic mass is 16.4. The van der Waals surface area contributed by atoms with Crippen LogP contribution in [0.3, 0.4) is 0 Å². The van der Waals surface area contributed by atoms with Crippen molar-refractivity contribution < 1.29 is 11.3 Å². The molecule has 0 spiro atoms. The van der Waals surface area contributed by atoms with Crippen molar-refractivity contribution in [1.82, 2.24) is 0 Å². The molecule has 0 unspecified atom stereocenters. The van der Waals surface area contributed by atoms with Crippen LogP contribution in [0.15, 0.2) is 0 Å². The van der Waals surface area contributed by atoms with Gasteiger partial charge in [-0.25, -0.2) is 0 Å². The zero-order valence-corrected chi connectivity index (χ0v) is 7.47. The maximum Gasteiger partial charge on any atom is 0.303 e. The highest BCUT2D eigenvalue weighted by Crippen LogP contribution is 1.97. The van der Waals surface area contributed by atoms with Crippen LogP contribution in [-0.4, -0.2) is 17.6 Å². The Morgan fingerprint density at radius 1 is 1.36 bits per heavy atom. The molecule has 0 saturated heterocycles. The summed E-state index contributed by atoms with van der Waals surface area (Å²) in [5, 5.41) is 8.18. The Morgan fingerprint density at radius 2 is 1.91 bits per heavy atom. The fourth-order valence-electron chi connectivity index (χ4n) is 0.597. The van der Waals surface area contributed by atoms with Gasteiger partial charge in [0.15, 0.2) is 0 Å². The number of hydrogen-bond acceptors (Lipinski definition) is 2. The maximum absolute atomic E-state index is 9.93. The lowest BCUT2D eigenvalue weighted by Gasteiger charge is -1.93. The predicted octanol–water partition coefficient (Wildman–Crippen LogP) is 1.86. The minimum absolute atomic E-state index is 0. The normalized spacial score (nSPS) is 8.27. The fourth-order valence-corrected chi connectivity index (χ4v) is 0.597. The van der Waals surface area contributed by atoms with Crippen LogP contribution in [-0.2, 0) is 4.79 Å². The first kappa shape index (κ1) is 13.1. The molecular weight excluding hydrogens is 142 g/mol. The third kappa shape index (κ3) is 17.7. The molecule has 0 bridgehead atoms. The van der Waals surface area contributed by atoms with Crippen molar-refractivity contribution >= 4 is 5.97 Å². The number of aliphatic carboxylic acids is 1. The highest BCUT2D eigenvalue weighted by molar-refractivity contribution is 5.66. The Kier molecular flexibility index (Phi) is 14.4. The Labute approximate surface area is 70.1 Å². The summed E-state index contributed by atoms with van der Waals surface area (Å²) >= 11 is 0. The van der Waals surface area contributed by atoms with Gasteiger partial charge in [-0.05, 0) is 19.4 Å². The highest BCUT2D eigenvalue weighted by Gasteiger charge is 1.94. The van der Waals surface area contributed by atoms with E-state index in [0.29, 0.717) is 6.54 Å². The third-order valence-corrected chi connectivity index (χ3v) is 1.09. The molecule has 3 heteroatoms. The first-order valence-electron chi connectivity index (χ1n) is 4.19. The van der Waals surface area contributed by atoms with E-state index in [1.165, 1.54) is 0 Å². The van der Waals surface area contributed by atoms with Crippen LogP contribution in [0.2, 0.25) is 0 Å². The SMILES string of the molecule is CC.NCCCCCC(=O)O.[HH]. The Hall–Kier alpha value is -0.570. The Balaban J connectivity index is -0.000000249. The van der Waals surface area contributed by atoms with E-state index in [4.69, 9.17) is 10.8 Å². The quantitative estimate of drug-likeness (QED) is 0.608. The van der Waals surface area contributed by atoms with Gasteiger partial charge in [-0.15, -0.1) is 0 Å². The number of hydrogen-bond donors (Lipinski definition) is 2. The lowest BCUT2D eigenvalue weighted by molar-refractivity contribution is -0.137. The fraction of sp³-hybridized carbons (Fsp3) is 0.875. The van der Waals surface area contributed by atoms with Crippen molar-refractivity contribution in [2.24, 2.45) is 5.73 Å². The minimum atomic E-state index is -0.716. The molecule has 0 aliphatic heterocycles. The van der Waals surface area contributed by atoms with Crippen LogP contribution in [0, 0.1) is 0 Å². The van der Waals surface area contributed by atoms with Gasteiger partial charge in [0.1, 0.15) is 0 Å². The number of carboxylic acids is 1. The van der Waals surface area contributed by atoms with E-state index in [2.05, 4.69) is 0 Å². The molecular formula is C8H21NO2. The first-order chi connectivity index (χ1) is 5.27. The number of nitrogens with two attached hydrogens (primary N) is 1. The van der Waals surface area contributed by atoms with Gasteiger partial charge < -0.3 is 10.8 Å². The van der Waals surface area contributed by atoms with Crippen molar-refractivity contribution in [1.29, 1.82) is 0 Å². The molecule has 0 fully saturated rings. The van der Waals surface area contributed by atoms with Crippen LogP contribution in [0.4, 0.5) is 0 Å². The van der Waals surface area contributed by atoms with Gasteiger partial charge in [-0.2, -0.15) is 0 Å². The van der Waals surface area contributed by atoms with Crippen molar-refractivity contribution in [3.8, 4) is 0 Å². The Bertz CT molecular complexity index is 89.1. The molecule has 0 aromatic carbocycles. The summed E-state index contributed by atoms with van der Waals surface area (Å²) < 4.78 is 0. The summed E-state index contributed by atoms with van der Waals surface area (Å²) in [5.41, 5.74) is 5.20. The van der Waals surface area contributed by atoms with Crippen LogP contribution in [0.25, 0.3) is 0 Å². The van der Waals surface area contributed by atoms with Gasteiger partial charge in [0.2, 0.25) is 0 Å². The molecule has 0 aromatic rings. The Morgan fingerprint density at radius 3 is 2.27 bits per heavy atom. The van der Waals surface area contributed by atoms with E-state index in [1.807, 2.05) is 13.8 Å². The number of unbranched alkanes of at least 4 members (excludes halogenated alkanes) is 2. The van der Waals surface area contributed by atoms with Gasteiger partial charge in [0, 0.05) is 7.85 Å². The standard InChI is InChI=1S/C6H13NO2.C2H6.H2/c7-5-3-1-2-4-6(8)9;1-2;/h1-5,7H2,(H,8,9);1-2H3;1H. The average molecular weight is 163 g/mol. The molecule has 0 aromatic heterocycles. The van der Waals surface area contributed by atoms with Crippen molar-refractivity contribution in [2.75, 3.05) is 6.54 Å². The third-order valence-electron chi connectivity index (χ3n) is 1.09. The molecule has 0 aliphatic carbocycles. The molecule has 0 atom stereocenters. The van der Waals surface area contributed by atoms with Crippen molar-refractivity contribution in [2.45, 2.75) is 39.5 Å². The molecule has 0 heterocycles. The topological polar surface area (TPSA) is 63.3 Å². The second kappa shape index (κ2) is 12.1. The van der Waals surface area contributed by atoms with E-state index in [0.717, 1.165) is 19.3 Å². The first-order valence-corrected chi connectivity index (χ1v) is 4.19. The summed E-state index contributed by atoms with van der Waals surface area (Å²) in [6.07, 6.45) is 2.91. The summed E-state index contributed by atoms with van der Waals surface area (Å²) in [4.78, 5) is 9.93. The van der Waals surface area contributed by atoms with Gasteiger partial charge >= 0.3 is 5.97 Å². The van der Waals surface area contributed by atoms with Crippen LogP contribution >= 0.6 is 0 Å². The van der Waals surface area contributed by atoms with Crippen LogP contribution in [0.1, 0.15) is 41.0 Å². The van der Waals surface area contributed by atoms with E-state index >= 15 is 0 Å². The van der Waals surface area contributed by atoms with Crippen LogP contribution in [0.5, 0.6) is 0 Å². The lowest BCUT2D eigenvalue weighted by Crippen LogP contribution is -1.99. The second-order valence-electron chi connectivity index (χ2n) is 1.99. The summed E-state index contributed by atoms with van der Waals surface area (Å²) in [7, 11) is 0. The molecule has 0 saturated carbocycles. The second-order valence-corrected chi connectivity index (χ2v) is 1.99. The molecule has 0 amide bonds. The summed E-state index contributed by atoms with van der Waals surface area (Å²) in [5.74, 6) is -0.716. The predicted molar refractivity (Wildman–Crippen MR) is 48.6 cm³/mol. The minimum Gasteiger partial charge on any atom is -0.481 e. The van der Waals surface area contributed by atoms with Gasteiger partial charge in [-0.1, -0.05) is 20.3 Å². The lowest BCUT2D eigenvalue weighted by atomic mass is 10.2. The molecule has 3 N–H and O–H groups in total. The zero-order chi connectivity index (χ0) is 9.11. The maximum atomic E-state index is 9.93. The van der Waals surface area contributed by atoms with Crippen molar-refractivity contribution in [3.63, 3.8) is 0 Å². The van der Waals surface area contributed by atoms with E-state index in [-0.39, 0.29) is 7.85 Å². The van der Waals surface area contributed by atoms with Crippen molar-refractivity contribution in [3.05, 3.63) is 0 Å². The van der Waals surface area contributed by atoms with Crippen LogP contribution < -0.4 is 5.73 Å². The van der Waals surface area contributed by atoms with Gasteiger partial charge in [0.25, 0.3) is 0 Å². The smallest absolute Gasteiger partial charge is 0.303 e.